The number of nitrogens with one attached hydrogen (secondary N) is 2. The molecule has 0 saturated carbocycles. The normalized spacial score (nSPS) is 11.8. The molecular formula is C24H17F4N7O. The standard InChI is InChI=1S/C24H17F4N7O/c1-2-31-18-5-15(25)4-16-19-21(35-10-14(11-36)22(34-35)24(26,27)28)17(9-32-23(19)33-20(16)18)13-3-12(6-29)7-30-8-13/h3-5,7-10,31,36H,2,11H2,1H3,(H,32,33). The highest BCUT2D eigenvalue weighted by atomic mass is 19.4. The Balaban J connectivity index is 1.93. The first-order chi connectivity index (χ1) is 17.2. The van der Waals surface area contributed by atoms with Crippen molar-refractivity contribution in [3.8, 4) is 22.9 Å². The van der Waals surface area contributed by atoms with E-state index in [1.165, 1.54) is 36.8 Å². The maximum absolute atomic E-state index is 14.6. The van der Waals surface area contributed by atoms with Crippen LogP contribution < -0.4 is 5.32 Å². The number of nitrogens with zero attached hydrogens (tertiary/aromatic N) is 5. The maximum atomic E-state index is 14.6. The number of aliphatic hydroxyl groups is 1. The molecule has 0 amide bonds. The van der Waals surface area contributed by atoms with Gasteiger partial charge in [0.1, 0.15) is 17.5 Å². The number of alkyl halides is 3. The molecule has 36 heavy (non-hydrogen) atoms. The van der Waals surface area contributed by atoms with Crippen LogP contribution in [-0.2, 0) is 12.8 Å². The van der Waals surface area contributed by atoms with Crippen LogP contribution in [0, 0.1) is 17.1 Å². The van der Waals surface area contributed by atoms with E-state index < -0.39 is 29.9 Å². The summed E-state index contributed by atoms with van der Waals surface area (Å²) in [7, 11) is 0. The van der Waals surface area contributed by atoms with Crippen molar-refractivity contribution in [3.05, 3.63) is 65.6 Å². The molecule has 5 rings (SSSR count). The van der Waals surface area contributed by atoms with Gasteiger partial charge < -0.3 is 15.4 Å². The lowest BCUT2D eigenvalue weighted by molar-refractivity contribution is -0.142. The van der Waals surface area contributed by atoms with Crippen molar-refractivity contribution in [3.63, 3.8) is 0 Å². The molecule has 0 aliphatic heterocycles. The lowest BCUT2D eigenvalue weighted by Gasteiger charge is -2.12. The van der Waals surface area contributed by atoms with Crippen LogP contribution >= 0.6 is 0 Å². The van der Waals surface area contributed by atoms with Crippen LogP contribution in [0.5, 0.6) is 0 Å². The van der Waals surface area contributed by atoms with Crippen LogP contribution in [0.3, 0.4) is 0 Å². The molecule has 0 bridgehead atoms. The van der Waals surface area contributed by atoms with Gasteiger partial charge in [-0.3, -0.25) is 4.98 Å². The smallest absolute Gasteiger partial charge is 0.392 e. The van der Waals surface area contributed by atoms with Gasteiger partial charge in [-0.15, -0.1) is 0 Å². The van der Waals surface area contributed by atoms with Gasteiger partial charge in [-0.25, -0.2) is 14.1 Å². The highest BCUT2D eigenvalue weighted by Gasteiger charge is 2.37. The van der Waals surface area contributed by atoms with E-state index in [0.717, 1.165) is 10.9 Å². The predicted molar refractivity (Wildman–Crippen MR) is 124 cm³/mol. The molecule has 0 radical (unpaired) electrons. The fraction of sp³-hybridized carbons (Fsp3) is 0.167. The molecule has 12 heteroatoms. The summed E-state index contributed by atoms with van der Waals surface area (Å²) < 4.78 is 56.7. The number of aromatic amines is 1. The lowest BCUT2D eigenvalue weighted by atomic mass is 10.0. The molecule has 1 aromatic carbocycles. The molecule has 8 nitrogen and oxygen atoms in total. The van der Waals surface area contributed by atoms with Crippen LogP contribution in [0.25, 0.3) is 38.8 Å². The Labute approximate surface area is 200 Å². The molecule has 4 heterocycles. The third-order valence-corrected chi connectivity index (χ3v) is 5.67. The number of anilines is 1. The van der Waals surface area contributed by atoms with Crippen molar-refractivity contribution in [1.82, 2.24) is 24.7 Å². The highest BCUT2D eigenvalue weighted by molar-refractivity contribution is 6.15. The molecule has 0 unspecified atom stereocenters. The molecule has 0 aliphatic rings. The molecule has 0 atom stereocenters. The van der Waals surface area contributed by atoms with E-state index in [0.29, 0.717) is 39.6 Å². The number of benzene rings is 1. The van der Waals surface area contributed by atoms with Gasteiger partial charge in [0.25, 0.3) is 0 Å². The first-order valence-electron chi connectivity index (χ1n) is 10.8. The fourth-order valence-corrected chi connectivity index (χ4v) is 4.21. The molecular weight excluding hydrogens is 478 g/mol. The predicted octanol–water partition coefficient (Wildman–Crippen LogP) is 4.92. The van der Waals surface area contributed by atoms with Gasteiger partial charge in [-0.05, 0) is 25.1 Å². The van der Waals surface area contributed by atoms with Crippen molar-refractivity contribution in [2.75, 3.05) is 11.9 Å². The van der Waals surface area contributed by atoms with Gasteiger partial charge in [-0.1, -0.05) is 0 Å². The van der Waals surface area contributed by atoms with Gasteiger partial charge in [0.05, 0.1) is 34.4 Å². The zero-order valence-electron chi connectivity index (χ0n) is 18.7. The van der Waals surface area contributed by atoms with Crippen LogP contribution in [-0.4, -0.2) is 36.4 Å². The summed E-state index contributed by atoms with van der Waals surface area (Å²) in [6.07, 6.45) is 0.461. The van der Waals surface area contributed by atoms with Crippen LogP contribution in [0.15, 0.2) is 43.0 Å². The second-order valence-corrected chi connectivity index (χ2v) is 7.95. The first kappa shape index (κ1) is 23.3. The quantitative estimate of drug-likeness (QED) is 0.298. The minimum absolute atomic E-state index is 0.154. The van der Waals surface area contributed by atoms with E-state index >= 15 is 0 Å². The van der Waals surface area contributed by atoms with E-state index in [1.54, 1.807) is 0 Å². The van der Waals surface area contributed by atoms with Crippen molar-refractivity contribution < 1.29 is 22.7 Å². The summed E-state index contributed by atoms with van der Waals surface area (Å²) in [5.41, 5.74) is 0.658. The summed E-state index contributed by atoms with van der Waals surface area (Å²) in [5, 5.41) is 26.4. The van der Waals surface area contributed by atoms with E-state index in [-0.39, 0.29) is 16.9 Å². The zero-order chi connectivity index (χ0) is 25.6. The maximum Gasteiger partial charge on any atom is 0.435 e. The van der Waals surface area contributed by atoms with Crippen molar-refractivity contribution in [2.45, 2.75) is 19.7 Å². The third kappa shape index (κ3) is 3.79. The summed E-state index contributed by atoms with van der Waals surface area (Å²) in [6.45, 7) is 1.45. The largest absolute Gasteiger partial charge is 0.435 e. The minimum Gasteiger partial charge on any atom is -0.392 e. The van der Waals surface area contributed by atoms with Crippen LogP contribution in [0.4, 0.5) is 23.2 Å². The number of fused-ring (bicyclic) bond motifs is 3. The summed E-state index contributed by atoms with van der Waals surface area (Å²) in [6, 6.07) is 6.06. The Kier molecular flexibility index (Phi) is 5.57. The van der Waals surface area contributed by atoms with Gasteiger partial charge in [0, 0.05) is 53.4 Å². The molecule has 0 fully saturated rings. The summed E-state index contributed by atoms with van der Waals surface area (Å²) >= 11 is 0. The molecule has 182 valence electrons. The molecule has 0 spiro atoms. The van der Waals surface area contributed by atoms with E-state index in [1.807, 2.05) is 13.0 Å². The Morgan fingerprint density at radius 1 is 1.19 bits per heavy atom. The molecule has 0 aliphatic carbocycles. The Hall–Kier alpha value is -4.50. The van der Waals surface area contributed by atoms with E-state index in [4.69, 9.17) is 0 Å². The number of rotatable bonds is 5. The lowest BCUT2D eigenvalue weighted by Crippen LogP contribution is -2.10. The number of hydrogen-bond acceptors (Lipinski definition) is 6. The summed E-state index contributed by atoms with van der Waals surface area (Å²) in [4.78, 5) is 11.6. The van der Waals surface area contributed by atoms with Crippen LogP contribution in [0.2, 0.25) is 0 Å². The summed E-state index contributed by atoms with van der Waals surface area (Å²) in [5.74, 6) is -0.559. The number of pyridine rings is 2. The highest BCUT2D eigenvalue weighted by Crippen LogP contribution is 2.40. The van der Waals surface area contributed by atoms with Crippen LogP contribution in [0.1, 0.15) is 23.7 Å². The van der Waals surface area contributed by atoms with Crippen molar-refractivity contribution in [2.24, 2.45) is 0 Å². The monoisotopic (exact) mass is 495 g/mol. The average molecular weight is 495 g/mol. The second kappa shape index (κ2) is 8.62. The van der Waals surface area contributed by atoms with Crippen molar-refractivity contribution in [1.29, 1.82) is 5.26 Å². The fourth-order valence-electron chi connectivity index (χ4n) is 4.21. The Morgan fingerprint density at radius 2 is 2.00 bits per heavy atom. The second-order valence-electron chi connectivity index (χ2n) is 7.95. The average Bonchev–Trinajstić information content (AvgIpc) is 3.46. The molecule has 3 N–H and O–H groups in total. The molecule has 4 aromatic heterocycles. The first-order valence-corrected chi connectivity index (χ1v) is 10.8. The van der Waals surface area contributed by atoms with E-state index in [2.05, 4.69) is 25.4 Å². The van der Waals surface area contributed by atoms with Gasteiger partial charge in [0.15, 0.2) is 5.69 Å². The minimum atomic E-state index is -4.82. The zero-order valence-corrected chi connectivity index (χ0v) is 18.7. The van der Waals surface area contributed by atoms with Gasteiger partial charge in [-0.2, -0.15) is 23.5 Å². The van der Waals surface area contributed by atoms with E-state index in [9.17, 15) is 27.9 Å². The topological polar surface area (TPSA) is 115 Å². The number of aliphatic hydroxyl groups excluding tert-OH is 1. The number of halogens is 4. The molecule has 5 aromatic rings. The number of H-pyrrole nitrogens is 1. The number of aromatic nitrogens is 5. The van der Waals surface area contributed by atoms with Gasteiger partial charge in [0.2, 0.25) is 0 Å². The number of hydrogen-bond donors (Lipinski definition) is 3. The SMILES string of the molecule is CCNc1cc(F)cc2c1[nH]c1ncc(-c3cncc(C#N)c3)c(-n3cc(CO)c(C(F)(F)F)n3)c12. The number of nitriles is 1. The third-order valence-electron chi connectivity index (χ3n) is 5.67. The molecule has 0 saturated heterocycles. The van der Waals surface area contributed by atoms with Crippen molar-refractivity contribution >= 4 is 27.6 Å². The Bertz CT molecular complexity index is 1660. The van der Waals surface area contributed by atoms with Gasteiger partial charge >= 0.3 is 6.18 Å². The Morgan fingerprint density at radius 3 is 2.67 bits per heavy atom.